The summed E-state index contributed by atoms with van der Waals surface area (Å²) in [7, 11) is 0. The van der Waals surface area contributed by atoms with Crippen molar-refractivity contribution >= 4 is 23.9 Å². The van der Waals surface area contributed by atoms with Crippen molar-refractivity contribution in [2.45, 2.75) is 53.4 Å². The molecule has 0 heterocycles. The topological polar surface area (TPSA) is 271 Å². The summed E-state index contributed by atoms with van der Waals surface area (Å²) in [5.74, 6) is -5.47. The first-order valence-corrected chi connectivity index (χ1v) is 8.88. The Hall–Kier alpha value is -2.28. The van der Waals surface area contributed by atoms with Crippen LogP contribution < -0.4 is 43.4 Å². The molecule has 0 aromatic heterocycles. The first kappa shape index (κ1) is 40.4. The lowest BCUT2D eigenvalue weighted by atomic mass is 10.3. The maximum absolute atomic E-state index is 9.50. The Balaban J connectivity index is -0.0000000561. The van der Waals surface area contributed by atoms with Crippen LogP contribution in [0.25, 0.3) is 0 Å². The van der Waals surface area contributed by atoms with Crippen LogP contribution in [-0.2, 0) is 19.2 Å². The monoisotopic (exact) mass is 416 g/mol. The van der Waals surface area contributed by atoms with E-state index >= 15 is 0 Å². The van der Waals surface area contributed by atoms with Crippen molar-refractivity contribution in [2.75, 3.05) is 26.2 Å². The molecule has 0 radical (unpaired) electrons. The Bertz CT molecular complexity index is 279. The third-order valence-corrected chi connectivity index (χ3v) is 1.07. The fourth-order valence-corrected chi connectivity index (χ4v) is 0.408. The van der Waals surface area contributed by atoms with Gasteiger partial charge in [0.05, 0.1) is 26.2 Å². The number of aliphatic carboxylic acids is 4. The third-order valence-electron chi connectivity index (χ3n) is 1.07. The third kappa shape index (κ3) is 205. The van der Waals surface area contributed by atoms with Crippen LogP contribution in [-0.4, -0.2) is 50.1 Å². The highest BCUT2D eigenvalue weighted by Crippen LogP contribution is 1.82. The average molecular weight is 417 g/mol. The highest BCUT2D eigenvalue weighted by Gasteiger charge is 1.85. The van der Waals surface area contributed by atoms with Gasteiger partial charge in [0.15, 0.2) is 0 Å². The summed E-state index contributed by atoms with van der Waals surface area (Å²) in [6.07, 6.45) is -1.88. The van der Waals surface area contributed by atoms with Crippen LogP contribution in [0.2, 0.25) is 0 Å². The van der Waals surface area contributed by atoms with Crippen molar-refractivity contribution in [3.05, 3.63) is 0 Å². The molecule has 0 saturated heterocycles. The van der Waals surface area contributed by atoms with Gasteiger partial charge < -0.3 is 62.5 Å². The molecule has 0 saturated carbocycles. The highest BCUT2D eigenvalue weighted by atomic mass is 16.4. The van der Waals surface area contributed by atoms with Crippen molar-refractivity contribution in [3.8, 4) is 0 Å². The van der Waals surface area contributed by atoms with E-state index in [-0.39, 0.29) is 0 Å². The quantitative estimate of drug-likeness (QED) is 0.321. The lowest BCUT2D eigenvalue weighted by Gasteiger charge is -2.00. The van der Waals surface area contributed by atoms with Crippen molar-refractivity contribution in [1.29, 1.82) is 0 Å². The summed E-state index contributed by atoms with van der Waals surface area (Å²) < 4.78 is 0. The zero-order valence-corrected chi connectivity index (χ0v) is 17.8. The molecule has 12 N–H and O–H groups in total. The van der Waals surface area contributed by atoms with Gasteiger partial charge in [0.1, 0.15) is 0 Å². The molecular formula is C16H40N4O8. The molecule has 0 aliphatic rings. The van der Waals surface area contributed by atoms with Gasteiger partial charge in [-0.25, -0.2) is 0 Å². The SMILES string of the molecule is CC[NH3+].CC[NH3+].CC[NH3+].CC[NH3+].O=C([O-])CCC(=O)[O-].O=C([O-])CCC(=O)[O-]. The number of quaternary nitrogens is 4. The van der Waals surface area contributed by atoms with Crippen LogP contribution in [0.1, 0.15) is 53.4 Å². The molecule has 0 bridgehead atoms. The molecule has 12 nitrogen and oxygen atoms in total. The van der Waals surface area contributed by atoms with E-state index in [1.54, 1.807) is 0 Å². The zero-order chi connectivity index (χ0) is 24.0. The average Bonchev–Trinajstić information content (AvgIpc) is 2.55. The Kier molecular flexibility index (Phi) is 63.9. The molecule has 0 fully saturated rings. The number of carboxylic acids is 4. The van der Waals surface area contributed by atoms with E-state index in [2.05, 4.69) is 22.9 Å². The predicted octanol–water partition coefficient (Wildman–Crippen LogP) is -8.47. The van der Waals surface area contributed by atoms with Gasteiger partial charge in [-0.15, -0.1) is 0 Å². The van der Waals surface area contributed by atoms with Gasteiger partial charge in [0.25, 0.3) is 0 Å². The van der Waals surface area contributed by atoms with Gasteiger partial charge in [-0.3, -0.25) is 0 Å². The number of rotatable bonds is 6. The predicted molar refractivity (Wildman–Crippen MR) is 92.2 cm³/mol. The molecule has 0 rings (SSSR count). The molecule has 0 amide bonds. The summed E-state index contributed by atoms with van der Waals surface area (Å²) in [6.45, 7) is 12.1. The molecule has 0 aliphatic carbocycles. The molecule has 172 valence electrons. The minimum Gasteiger partial charge on any atom is -0.550 e. The Labute approximate surface area is 166 Å². The molecule has 28 heavy (non-hydrogen) atoms. The first-order chi connectivity index (χ1) is 12.9. The van der Waals surface area contributed by atoms with E-state index in [0.717, 1.165) is 26.2 Å². The van der Waals surface area contributed by atoms with E-state index in [4.69, 9.17) is 0 Å². The standard InChI is InChI=1S/2C4H6O4.4C2H7N/c2*5-3(6)1-2-4(7)8;4*1-2-3/h2*1-2H2,(H,5,6)(H,7,8);4*2-3H2,1H3. The number of hydrogen-bond acceptors (Lipinski definition) is 8. The van der Waals surface area contributed by atoms with Gasteiger partial charge in [0.2, 0.25) is 0 Å². The maximum atomic E-state index is 9.50. The van der Waals surface area contributed by atoms with E-state index in [1.807, 2.05) is 27.7 Å². The number of carboxylic acid groups (broad SMARTS) is 4. The fraction of sp³-hybridized carbons (Fsp3) is 0.750. The smallest absolute Gasteiger partial charge is 0.0711 e. The van der Waals surface area contributed by atoms with Gasteiger partial charge in [-0.2, -0.15) is 0 Å². The molecule has 0 atom stereocenters. The Morgan fingerprint density at radius 2 is 0.536 bits per heavy atom. The minimum absolute atomic E-state index is 0.470. The van der Waals surface area contributed by atoms with Crippen LogP contribution in [0.15, 0.2) is 0 Å². The lowest BCUT2D eigenvalue weighted by molar-refractivity contribution is -0.362. The maximum Gasteiger partial charge on any atom is 0.0711 e. The number of carbonyl (C=O) groups excluding carboxylic acids is 4. The van der Waals surface area contributed by atoms with Crippen molar-refractivity contribution in [2.24, 2.45) is 0 Å². The molecule has 0 aromatic rings. The second-order valence-corrected chi connectivity index (χ2v) is 4.49. The van der Waals surface area contributed by atoms with E-state index < -0.39 is 49.6 Å². The molecule has 12 heteroatoms. The van der Waals surface area contributed by atoms with Crippen molar-refractivity contribution in [3.63, 3.8) is 0 Å². The van der Waals surface area contributed by atoms with Crippen LogP contribution in [0.3, 0.4) is 0 Å². The molecule has 0 aromatic carbocycles. The number of carbonyl (C=O) groups is 4. The van der Waals surface area contributed by atoms with E-state index in [0.29, 0.717) is 0 Å². The second-order valence-electron chi connectivity index (χ2n) is 4.49. The van der Waals surface area contributed by atoms with Crippen LogP contribution in [0.5, 0.6) is 0 Å². The Morgan fingerprint density at radius 1 is 0.464 bits per heavy atom. The highest BCUT2D eigenvalue weighted by molar-refractivity contribution is 5.73. The van der Waals surface area contributed by atoms with Gasteiger partial charge in [-0.05, 0) is 53.4 Å². The fourth-order valence-electron chi connectivity index (χ4n) is 0.408. The van der Waals surface area contributed by atoms with Crippen molar-refractivity contribution < 1.29 is 62.5 Å². The van der Waals surface area contributed by atoms with Crippen molar-refractivity contribution in [1.82, 2.24) is 0 Å². The first-order valence-electron chi connectivity index (χ1n) is 8.88. The van der Waals surface area contributed by atoms with Gasteiger partial charge in [-0.1, -0.05) is 0 Å². The van der Waals surface area contributed by atoms with Gasteiger partial charge >= 0.3 is 0 Å². The Morgan fingerprint density at radius 3 is 0.571 bits per heavy atom. The number of hydrogen-bond donors (Lipinski definition) is 4. The zero-order valence-electron chi connectivity index (χ0n) is 17.8. The largest absolute Gasteiger partial charge is 0.550 e. The summed E-state index contributed by atoms with van der Waals surface area (Å²) in [5.41, 5.74) is 13.9. The van der Waals surface area contributed by atoms with Crippen LogP contribution >= 0.6 is 0 Å². The second kappa shape index (κ2) is 44.3. The van der Waals surface area contributed by atoms with Crippen LogP contribution in [0, 0.1) is 0 Å². The summed E-state index contributed by atoms with van der Waals surface area (Å²) in [6, 6.07) is 0. The lowest BCUT2D eigenvalue weighted by Crippen LogP contribution is -2.48. The molecule has 0 unspecified atom stereocenters. The van der Waals surface area contributed by atoms with Gasteiger partial charge in [0, 0.05) is 23.9 Å². The van der Waals surface area contributed by atoms with E-state index in [9.17, 15) is 39.6 Å². The molecular weight excluding hydrogens is 376 g/mol. The normalized spacial score (nSPS) is 7.43. The summed E-state index contributed by atoms with van der Waals surface area (Å²) in [4.78, 5) is 38.0. The minimum atomic E-state index is -1.37. The van der Waals surface area contributed by atoms with E-state index in [1.165, 1.54) is 0 Å². The summed E-state index contributed by atoms with van der Waals surface area (Å²) >= 11 is 0. The van der Waals surface area contributed by atoms with Crippen LogP contribution in [0.4, 0.5) is 0 Å². The molecule has 0 spiro atoms. The summed E-state index contributed by atoms with van der Waals surface area (Å²) in [5, 5.41) is 38.0. The molecule has 0 aliphatic heterocycles.